The highest BCUT2D eigenvalue weighted by Crippen LogP contribution is 2.32. The van der Waals surface area contributed by atoms with Gasteiger partial charge in [0.05, 0.1) is 13.2 Å². The Morgan fingerprint density at radius 2 is 2.00 bits per heavy atom. The fourth-order valence-corrected chi connectivity index (χ4v) is 4.62. The molecule has 0 spiro atoms. The summed E-state index contributed by atoms with van der Waals surface area (Å²) in [4.78, 5) is 27.0. The van der Waals surface area contributed by atoms with Crippen LogP contribution in [0.25, 0.3) is 6.08 Å². The quantitative estimate of drug-likeness (QED) is 0.522. The second kappa shape index (κ2) is 9.83. The zero-order valence-electron chi connectivity index (χ0n) is 18.2. The van der Waals surface area contributed by atoms with Gasteiger partial charge in [-0.15, -0.1) is 11.3 Å². The minimum atomic E-state index is -0.305. The molecule has 164 valence electrons. The van der Waals surface area contributed by atoms with E-state index in [9.17, 15) is 9.59 Å². The molecule has 1 atom stereocenters. The van der Waals surface area contributed by atoms with E-state index >= 15 is 0 Å². The van der Waals surface area contributed by atoms with Crippen molar-refractivity contribution < 1.29 is 14.3 Å². The number of carbonyl (C=O) groups is 2. The van der Waals surface area contributed by atoms with Gasteiger partial charge in [0.15, 0.2) is 0 Å². The molecule has 32 heavy (non-hydrogen) atoms. The lowest BCUT2D eigenvalue weighted by Crippen LogP contribution is -2.37. The van der Waals surface area contributed by atoms with Crippen LogP contribution in [0.2, 0.25) is 0 Å². The van der Waals surface area contributed by atoms with E-state index in [1.165, 1.54) is 16.9 Å². The van der Waals surface area contributed by atoms with Crippen molar-refractivity contribution in [3.63, 3.8) is 0 Å². The highest BCUT2D eigenvalue weighted by atomic mass is 32.1. The van der Waals surface area contributed by atoms with E-state index in [1.807, 2.05) is 54.8 Å². The number of hydrogen-bond acceptors (Lipinski definition) is 4. The first-order valence-corrected chi connectivity index (χ1v) is 11.5. The van der Waals surface area contributed by atoms with E-state index in [1.54, 1.807) is 25.3 Å². The van der Waals surface area contributed by atoms with Crippen LogP contribution in [0.5, 0.6) is 5.75 Å². The zero-order chi connectivity index (χ0) is 22.5. The Bertz CT molecular complexity index is 1150. The normalized spacial score (nSPS) is 15.6. The molecule has 5 nitrogen and oxygen atoms in total. The molecule has 2 aromatic carbocycles. The Hall–Kier alpha value is -3.38. The van der Waals surface area contributed by atoms with Crippen molar-refractivity contribution >= 4 is 29.2 Å². The number of benzene rings is 2. The van der Waals surface area contributed by atoms with Crippen LogP contribution in [-0.4, -0.2) is 18.9 Å². The predicted molar refractivity (Wildman–Crippen MR) is 128 cm³/mol. The Labute approximate surface area is 192 Å². The average Bonchev–Trinajstić information content (AvgIpc) is 3.31. The van der Waals surface area contributed by atoms with Crippen molar-refractivity contribution in [1.82, 2.24) is 10.6 Å². The van der Waals surface area contributed by atoms with Crippen LogP contribution in [0, 0.1) is 6.92 Å². The third kappa shape index (κ3) is 5.08. The Morgan fingerprint density at radius 3 is 2.75 bits per heavy atom. The molecule has 0 unspecified atom stereocenters. The first kappa shape index (κ1) is 21.8. The number of thiophene rings is 1. The molecule has 1 aliphatic carbocycles. The lowest BCUT2D eigenvalue weighted by Gasteiger charge is -2.27. The molecule has 6 heteroatoms. The van der Waals surface area contributed by atoms with Gasteiger partial charge >= 0.3 is 0 Å². The minimum Gasteiger partial charge on any atom is -0.497 e. The number of hydrogen-bond donors (Lipinski definition) is 2. The molecule has 3 aromatic rings. The van der Waals surface area contributed by atoms with Gasteiger partial charge in [0, 0.05) is 10.4 Å². The Morgan fingerprint density at radius 1 is 1.12 bits per heavy atom. The van der Waals surface area contributed by atoms with Gasteiger partial charge in [0.2, 0.25) is 0 Å². The lowest BCUT2D eigenvalue weighted by atomic mass is 9.87. The summed E-state index contributed by atoms with van der Waals surface area (Å²) in [5.41, 5.74) is 4.03. The third-order valence-corrected chi connectivity index (χ3v) is 6.39. The predicted octanol–water partition coefficient (Wildman–Crippen LogP) is 5.03. The number of amides is 2. The number of methoxy groups -OCH3 is 1. The van der Waals surface area contributed by atoms with Gasteiger partial charge in [-0.1, -0.05) is 29.8 Å². The van der Waals surface area contributed by atoms with Gasteiger partial charge in [-0.25, -0.2) is 0 Å². The molecule has 2 amide bonds. The standard InChI is InChI=1S/C26H26N2O3S/c1-17-6-3-8-19(14-17)25(29)28-24(16-21-9-5-13-32-21)26(30)27-23-10-4-7-18-15-20(31-2)11-12-22(18)23/h3,5-6,8-9,11-16,23H,4,7,10H2,1-2H3,(H,27,30)(H,28,29)/b24-16-/t23-/m0/s1. The van der Waals surface area contributed by atoms with Crippen molar-refractivity contribution in [1.29, 1.82) is 0 Å². The largest absolute Gasteiger partial charge is 0.497 e. The number of ether oxygens (including phenoxy) is 1. The average molecular weight is 447 g/mol. The summed E-state index contributed by atoms with van der Waals surface area (Å²) >= 11 is 1.51. The summed E-state index contributed by atoms with van der Waals surface area (Å²) in [7, 11) is 1.66. The van der Waals surface area contributed by atoms with Crippen LogP contribution >= 0.6 is 11.3 Å². The van der Waals surface area contributed by atoms with E-state index in [0.29, 0.717) is 5.56 Å². The Balaban J connectivity index is 1.57. The molecule has 0 fully saturated rings. The number of aryl methyl sites for hydroxylation is 2. The second-order valence-corrected chi connectivity index (χ2v) is 8.86. The Kier molecular flexibility index (Phi) is 6.71. The summed E-state index contributed by atoms with van der Waals surface area (Å²) < 4.78 is 5.34. The number of nitrogens with one attached hydrogen (secondary N) is 2. The van der Waals surface area contributed by atoms with Gasteiger partial charge in [-0.05, 0) is 79.1 Å². The fourth-order valence-electron chi connectivity index (χ4n) is 3.96. The summed E-state index contributed by atoms with van der Waals surface area (Å²) in [6.07, 6.45) is 4.51. The van der Waals surface area contributed by atoms with E-state index in [0.717, 1.165) is 41.0 Å². The molecule has 1 aliphatic rings. The number of carbonyl (C=O) groups excluding carboxylic acids is 2. The van der Waals surface area contributed by atoms with Crippen LogP contribution in [0.3, 0.4) is 0 Å². The maximum absolute atomic E-state index is 13.3. The van der Waals surface area contributed by atoms with E-state index in [2.05, 4.69) is 10.6 Å². The maximum atomic E-state index is 13.3. The van der Waals surface area contributed by atoms with Crippen molar-refractivity contribution in [3.8, 4) is 5.75 Å². The molecule has 2 N–H and O–H groups in total. The van der Waals surface area contributed by atoms with E-state index < -0.39 is 0 Å². The molecule has 0 radical (unpaired) electrons. The van der Waals surface area contributed by atoms with Crippen LogP contribution in [0.4, 0.5) is 0 Å². The first-order chi connectivity index (χ1) is 15.5. The van der Waals surface area contributed by atoms with Gasteiger partial charge in [-0.2, -0.15) is 0 Å². The maximum Gasteiger partial charge on any atom is 0.268 e. The summed E-state index contributed by atoms with van der Waals surface area (Å²) in [6.45, 7) is 1.93. The molecule has 0 bridgehead atoms. The van der Waals surface area contributed by atoms with Crippen LogP contribution in [0.1, 0.15) is 50.8 Å². The molecule has 0 aliphatic heterocycles. The molecular weight excluding hydrogens is 420 g/mol. The van der Waals surface area contributed by atoms with Gasteiger partial charge in [0.1, 0.15) is 11.4 Å². The SMILES string of the molecule is COc1ccc2c(c1)CCC[C@@H]2NC(=O)/C(=C/c1cccs1)NC(=O)c1cccc(C)c1. The highest BCUT2D eigenvalue weighted by molar-refractivity contribution is 7.10. The number of rotatable bonds is 6. The molecular formula is C26H26N2O3S. The molecule has 0 saturated heterocycles. The van der Waals surface area contributed by atoms with Gasteiger partial charge < -0.3 is 15.4 Å². The van der Waals surface area contributed by atoms with Gasteiger partial charge in [0.25, 0.3) is 11.8 Å². The third-order valence-electron chi connectivity index (χ3n) is 5.57. The topological polar surface area (TPSA) is 67.4 Å². The first-order valence-electron chi connectivity index (χ1n) is 10.6. The van der Waals surface area contributed by atoms with Gasteiger partial charge in [-0.3, -0.25) is 9.59 Å². The molecule has 1 aromatic heterocycles. The van der Waals surface area contributed by atoms with Crippen molar-refractivity contribution in [2.75, 3.05) is 7.11 Å². The lowest BCUT2D eigenvalue weighted by molar-refractivity contribution is -0.118. The van der Waals surface area contributed by atoms with Crippen molar-refractivity contribution in [2.24, 2.45) is 0 Å². The zero-order valence-corrected chi connectivity index (χ0v) is 19.0. The second-order valence-electron chi connectivity index (χ2n) is 7.88. The van der Waals surface area contributed by atoms with Crippen LogP contribution in [0.15, 0.2) is 65.7 Å². The van der Waals surface area contributed by atoms with E-state index in [4.69, 9.17) is 4.74 Å². The van der Waals surface area contributed by atoms with Crippen LogP contribution in [-0.2, 0) is 11.2 Å². The fraction of sp³-hybridized carbons (Fsp3) is 0.231. The smallest absolute Gasteiger partial charge is 0.268 e. The molecule has 0 saturated carbocycles. The highest BCUT2D eigenvalue weighted by Gasteiger charge is 2.24. The summed E-state index contributed by atoms with van der Waals surface area (Å²) in [5.74, 6) is 0.216. The van der Waals surface area contributed by atoms with Crippen LogP contribution < -0.4 is 15.4 Å². The minimum absolute atomic E-state index is 0.111. The molecule has 1 heterocycles. The van der Waals surface area contributed by atoms with Crippen molar-refractivity contribution in [3.05, 3.63) is 92.8 Å². The summed E-state index contributed by atoms with van der Waals surface area (Å²) in [5, 5.41) is 7.90. The van der Waals surface area contributed by atoms with E-state index in [-0.39, 0.29) is 23.6 Å². The van der Waals surface area contributed by atoms with Crippen molar-refractivity contribution in [2.45, 2.75) is 32.2 Å². The molecule has 4 rings (SSSR count). The summed E-state index contributed by atoms with van der Waals surface area (Å²) in [6, 6.07) is 17.0. The number of fused-ring (bicyclic) bond motifs is 1. The monoisotopic (exact) mass is 446 g/mol.